The number of nitrogens with one attached hydrogen (secondary N) is 3. The van der Waals surface area contributed by atoms with E-state index in [0.29, 0.717) is 25.8 Å². The molecule has 4 N–H and O–H groups in total. The molecule has 0 rings (SSSR count). The quantitative estimate of drug-likeness (QED) is 0.389. The van der Waals surface area contributed by atoms with Crippen molar-refractivity contribution in [2.45, 2.75) is 72.4 Å². The Morgan fingerprint density at radius 3 is 2.07 bits per heavy atom. The van der Waals surface area contributed by atoms with E-state index in [2.05, 4.69) is 16.0 Å². The molecule has 9 heteroatoms. The van der Waals surface area contributed by atoms with E-state index in [0.717, 1.165) is 0 Å². The molecular formula is C19H35N3O6. The van der Waals surface area contributed by atoms with E-state index >= 15 is 0 Å². The predicted molar refractivity (Wildman–Crippen MR) is 105 cm³/mol. The number of hydrogen-bond acceptors (Lipinski definition) is 5. The molecule has 28 heavy (non-hydrogen) atoms. The molecule has 9 nitrogen and oxygen atoms in total. The number of carboxylic acid groups (broad SMARTS) is 1. The normalized spacial score (nSPS) is 13.4. The molecule has 0 saturated carbocycles. The third-order valence-corrected chi connectivity index (χ3v) is 4.05. The Morgan fingerprint density at radius 2 is 1.57 bits per heavy atom. The first-order valence-corrected chi connectivity index (χ1v) is 9.60. The maximum absolute atomic E-state index is 12.3. The predicted octanol–water partition coefficient (Wildman–Crippen LogP) is 1.66. The Kier molecular flexibility index (Phi) is 11.2. The van der Waals surface area contributed by atoms with Crippen LogP contribution in [0.1, 0.15) is 60.8 Å². The van der Waals surface area contributed by atoms with Crippen molar-refractivity contribution in [1.82, 2.24) is 16.0 Å². The number of carbonyl (C=O) groups excluding carboxylic acids is 3. The van der Waals surface area contributed by atoms with Gasteiger partial charge in [-0.2, -0.15) is 0 Å². The molecule has 0 spiro atoms. The van der Waals surface area contributed by atoms with Gasteiger partial charge in [-0.1, -0.05) is 20.8 Å². The van der Waals surface area contributed by atoms with Crippen molar-refractivity contribution < 1.29 is 29.0 Å². The van der Waals surface area contributed by atoms with Gasteiger partial charge in [-0.3, -0.25) is 14.4 Å². The molecule has 0 aromatic rings. The first kappa shape index (κ1) is 25.7. The molecule has 3 amide bonds. The molecule has 0 bridgehead atoms. The average molecular weight is 402 g/mol. The summed E-state index contributed by atoms with van der Waals surface area (Å²) in [5.74, 6) is -2.11. The van der Waals surface area contributed by atoms with Crippen molar-refractivity contribution in [2.75, 3.05) is 13.1 Å². The van der Waals surface area contributed by atoms with E-state index in [-0.39, 0.29) is 17.7 Å². The van der Waals surface area contributed by atoms with Crippen LogP contribution in [0.25, 0.3) is 0 Å². The Morgan fingerprint density at radius 1 is 0.964 bits per heavy atom. The van der Waals surface area contributed by atoms with Crippen LogP contribution in [0.2, 0.25) is 0 Å². The summed E-state index contributed by atoms with van der Waals surface area (Å²) in [4.78, 5) is 46.7. The minimum absolute atomic E-state index is 0.112. The highest BCUT2D eigenvalue weighted by atomic mass is 16.6. The Labute approximate surface area is 167 Å². The Balaban J connectivity index is 4.56. The van der Waals surface area contributed by atoms with Crippen molar-refractivity contribution >= 4 is 23.9 Å². The van der Waals surface area contributed by atoms with Crippen molar-refractivity contribution in [3.63, 3.8) is 0 Å². The monoisotopic (exact) mass is 401 g/mol. The summed E-state index contributed by atoms with van der Waals surface area (Å²) in [6.07, 6.45) is 0.953. The first-order valence-electron chi connectivity index (χ1n) is 9.60. The smallest absolute Gasteiger partial charge is 0.407 e. The second-order valence-electron chi connectivity index (χ2n) is 8.13. The van der Waals surface area contributed by atoms with Crippen LogP contribution < -0.4 is 16.0 Å². The van der Waals surface area contributed by atoms with Gasteiger partial charge < -0.3 is 25.8 Å². The largest absolute Gasteiger partial charge is 0.480 e. The van der Waals surface area contributed by atoms with E-state index in [4.69, 9.17) is 9.84 Å². The molecule has 0 heterocycles. The Bertz CT molecular complexity index is 542. The lowest BCUT2D eigenvalue weighted by Crippen LogP contribution is -2.49. The summed E-state index contributed by atoms with van der Waals surface area (Å²) in [5, 5.41) is 16.3. The number of rotatable bonds is 11. The van der Waals surface area contributed by atoms with Gasteiger partial charge in [0.25, 0.3) is 0 Å². The molecule has 0 fully saturated rings. The van der Waals surface area contributed by atoms with Crippen molar-refractivity contribution in [2.24, 2.45) is 11.8 Å². The van der Waals surface area contributed by atoms with Gasteiger partial charge in [-0.25, -0.2) is 4.79 Å². The van der Waals surface area contributed by atoms with Gasteiger partial charge in [0, 0.05) is 12.5 Å². The van der Waals surface area contributed by atoms with Crippen molar-refractivity contribution in [1.29, 1.82) is 0 Å². The molecular weight excluding hydrogens is 366 g/mol. The second-order valence-corrected chi connectivity index (χ2v) is 8.13. The molecule has 0 unspecified atom stereocenters. The Hall–Kier alpha value is -2.32. The van der Waals surface area contributed by atoms with Crippen molar-refractivity contribution in [3.8, 4) is 0 Å². The fourth-order valence-electron chi connectivity index (χ4n) is 2.14. The number of hydrogen-bond donors (Lipinski definition) is 4. The SMILES string of the molecule is CC(C)[C@H](C)C(=O)N[C@@H](CCCCNC(=O)OC(C)(C)C)C(=O)NCC(=O)O. The molecule has 0 aliphatic rings. The fraction of sp³-hybridized carbons (Fsp3) is 0.789. The van der Waals surface area contributed by atoms with Crippen LogP contribution >= 0.6 is 0 Å². The maximum Gasteiger partial charge on any atom is 0.407 e. The first-order chi connectivity index (χ1) is 12.8. The number of ether oxygens (including phenoxy) is 1. The lowest BCUT2D eigenvalue weighted by atomic mass is 9.96. The molecule has 0 aromatic carbocycles. The third kappa shape index (κ3) is 12.1. The summed E-state index contributed by atoms with van der Waals surface area (Å²) in [5.41, 5.74) is -0.575. The summed E-state index contributed by atoms with van der Waals surface area (Å²) in [6, 6.07) is -0.824. The number of aliphatic carboxylic acids is 1. The minimum atomic E-state index is -1.16. The summed E-state index contributed by atoms with van der Waals surface area (Å²) >= 11 is 0. The zero-order valence-electron chi connectivity index (χ0n) is 17.8. The van der Waals surface area contributed by atoms with Crippen LogP contribution in [-0.4, -0.2) is 53.7 Å². The van der Waals surface area contributed by atoms with Crippen LogP contribution in [0, 0.1) is 11.8 Å². The van der Waals surface area contributed by atoms with E-state index in [9.17, 15) is 19.2 Å². The molecule has 0 aliphatic carbocycles. The van der Waals surface area contributed by atoms with Crippen LogP contribution in [-0.2, 0) is 19.1 Å². The lowest BCUT2D eigenvalue weighted by molar-refractivity contribution is -0.138. The molecule has 162 valence electrons. The van der Waals surface area contributed by atoms with Gasteiger partial charge in [0.1, 0.15) is 18.2 Å². The lowest BCUT2D eigenvalue weighted by Gasteiger charge is -2.22. The number of unbranched alkanes of at least 4 members (excludes halogenated alkanes) is 1. The number of alkyl carbamates (subject to hydrolysis) is 1. The van der Waals surface area contributed by atoms with E-state index in [1.165, 1.54) is 0 Å². The maximum atomic E-state index is 12.3. The molecule has 0 aromatic heterocycles. The number of amides is 3. The number of carbonyl (C=O) groups is 4. The average Bonchev–Trinajstić information content (AvgIpc) is 2.55. The molecule has 2 atom stereocenters. The van der Waals surface area contributed by atoms with E-state index in [1.54, 1.807) is 27.7 Å². The van der Waals surface area contributed by atoms with E-state index in [1.807, 2.05) is 13.8 Å². The minimum Gasteiger partial charge on any atom is -0.480 e. The fourth-order valence-corrected chi connectivity index (χ4v) is 2.14. The van der Waals surface area contributed by atoms with Crippen LogP contribution in [0.5, 0.6) is 0 Å². The van der Waals surface area contributed by atoms with Gasteiger partial charge in [-0.05, 0) is 46.0 Å². The van der Waals surface area contributed by atoms with E-state index < -0.39 is 36.2 Å². The van der Waals surface area contributed by atoms with Crippen LogP contribution in [0.15, 0.2) is 0 Å². The van der Waals surface area contributed by atoms with Gasteiger partial charge in [0.2, 0.25) is 11.8 Å². The standard InChI is InChI=1S/C19H35N3O6/c1-12(2)13(3)16(25)22-14(17(26)21-11-15(23)24)9-7-8-10-20-18(27)28-19(4,5)6/h12-14H,7-11H2,1-6H3,(H,20,27)(H,21,26)(H,22,25)(H,23,24)/t13-,14-/m0/s1. The summed E-state index contributed by atoms with van der Waals surface area (Å²) in [6.45, 7) is 10.8. The molecule has 0 aliphatic heterocycles. The second kappa shape index (κ2) is 12.2. The summed E-state index contributed by atoms with van der Waals surface area (Å²) in [7, 11) is 0. The highest BCUT2D eigenvalue weighted by molar-refractivity contribution is 5.90. The molecule has 0 saturated heterocycles. The van der Waals surface area contributed by atoms with Gasteiger partial charge >= 0.3 is 12.1 Å². The van der Waals surface area contributed by atoms with Gasteiger partial charge in [-0.15, -0.1) is 0 Å². The zero-order chi connectivity index (χ0) is 21.9. The van der Waals surface area contributed by atoms with Gasteiger partial charge in [0.05, 0.1) is 0 Å². The van der Waals surface area contributed by atoms with Crippen molar-refractivity contribution in [3.05, 3.63) is 0 Å². The summed E-state index contributed by atoms with van der Waals surface area (Å²) < 4.78 is 5.13. The van der Waals surface area contributed by atoms with Crippen LogP contribution in [0.3, 0.4) is 0 Å². The zero-order valence-corrected chi connectivity index (χ0v) is 17.8. The number of carboxylic acids is 1. The third-order valence-electron chi connectivity index (χ3n) is 4.05. The highest BCUT2D eigenvalue weighted by Gasteiger charge is 2.25. The molecule has 0 radical (unpaired) electrons. The topological polar surface area (TPSA) is 134 Å². The highest BCUT2D eigenvalue weighted by Crippen LogP contribution is 2.11. The van der Waals surface area contributed by atoms with Gasteiger partial charge in [0.15, 0.2) is 0 Å². The van der Waals surface area contributed by atoms with Crippen LogP contribution in [0.4, 0.5) is 4.79 Å².